The first-order chi connectivity index (χ1) is 8.43. The zero-order valence-corrected chi connectivity index (χ0v) is 13.1. The molecular formula is C13H24N2OS2. The van der Waals surface area contributed by atoms with Crippen molar-refractivity contribution < 1.29 is 4.79 Å². The lowest BCUT2D eigenvalue weighted by Crippen LogP contribution is -2.49. The van der Waals surface area contributed by atoms with E-state index in [2.05, 4.69) is 12.2 Å². The van der Waals surface area contributed by atoms with Crippen molar-refractivity contribution >= 4 is 34.9 Å². The predicted octanol–water partition coefficient (Wildman–Crippen LogP) is 2.48. The Balaban J connectivity index is 2.53. The van der Waals surface area contributed by atoms with Crippen LogP contribution in [0.25, 0.3) is 0 Å². The molecule has 0 bridgehead atoms. The van der Waals surface area contributed by atoms with E-state index in [0.717, 1.165) is 18.6 Å². The molecule has 18 heavy (non-hydrogen) atoms. The Bertz CT molecular complexity index is 322. The molecule has 3 N–H and O–H groups in total. The number of nitrogens with one attached hydrogen (secondary N) is 1. The Morgan fingerprint density at radius 2 is 2.17 bits per heavy atom. The lowest BCUT2D eigenvalue weighted by atomic mass is 9.86. The van der Waals surface area contributed by atoms with E-state index in [-0.39, 0.29) is 5.91 Å². The van der Waals surface area contributed by atoms with Crippen LogP contribution in [0.3, 0.4) is 0 Å². The van der Waals surface area contributed by atoms with Gasteiger partial charge in [0.2, 0.25) is 5.91 Å². The van der Waals surface area contributed by atoms with Gasteiger partial charge >= 0.3 is 0 Å². The maximum atomic E-state index is 12.3. The number of thiocarbonyl (C=S) groups is 1. The zero-order chi connectivity index (χ0) is 13.8. The first-order valence-electron chi connectivity index (χ1n) is 6.66. The van der Waals surface area contributed by atoms with E-state index in [1.807, 2.05) is 25.6 Å². The third-order valence-corrected chi connectivity index (χ3v) is 5.56. The highest BCUT2D eigenvalue weighted by molar-refractivity contribution is 7.99. The van der Waals surface area contributed by atoms with Crippen LogP contribution in [-0.2, 0) is 4.79 Å². The van der Waals surface area contributed by atoms with Crippen LogP contribution in [-0.4, -0.2) is 27.9 Å². The Morgan fingerprint density at radius 1 is 1.50 bits per heavy atom. The van der Waals surface area contributed by atoms with E-state index >= 15 is 0 Å². The van der Waals surface area contributed by atoms with Gasteiger partial charge in [-0.1, -0.05) is 26.1 Å². The van der Waals surface area contributed by atoms with E-state index < -0.39 is 5.41 Å². The Kier molecular flexibility index (Phi) is 5.92. The molecule has 1 saturated carbocycles. The highest BCUT2D eigenvalue weighted by atomic mass is 32.2. The molecular weight excluding hydrogens is 264 g/mol. The lowest BCUT2D eigenvalue weighted by Gasteiger charge is -2.27. The van der Waals surface area contributed by atoms with Crippen LogP contribution in [0.5, 0.6) is 0 Å². The second-order valence-corrected chi connectivity index (χ2v) is 7.13. The van der Waals surface area contributed by atoms with Crippen molar-refractivity contribution in [2.75, 3.05) is 5.75 Å². The molecule has 0 radical (unpaired) electrons. The number of nitrogens with two attached hydrogens (primary N) is 1. The topological polar surface area (TPSA) is 55.1 Å². The minimum atomic E-state index is -0.703. The van der Waals surface area contributed by atoms with Crippen LogP contribution >= 0.6 is 24.0 Å². The smallest absolute Gasteiger partial charge is 0.232 e. The van der Waals surface area contributed by atoms with Gasteiger partial charge in [-0.15, -0.1) is 0 Å². The van der Waals surface area contributed by atoms with Crippen molar-refractivity contribution in [2.24, 2.45) is 11.1 Å². The van der Waals surface area contributed by atoms with Gasteiger partial charge in [0.15, 0.2) is 0 Å². The third-order valence-electron chi connectivity index (χ3n) is 3.87. The quantitative estimate of drug-likeness (QED) is 0.737. The maximum absolute atomic E-state index is 12.3. The summed E-state index contributed by atoms with van der Waals surface area (Å²) in [7, 11) is 0. The highest BCUT2D eigenvalue weighted by Gasteiger charge is 2.37. The van der Waals surface area contributed by atoms with Crippen molar-refractivity contribution in [3.05, 3.63) is 0 Å². The molecule has 0 heterocycles. The zero-order valence-electron chi connectivity index (χ0n) is 11.5. The maximum Gasteiger partial charge on any atom is 0.232 e. The summed E-state index contributed by atoms with van der Waals surface area (Å²) in [5.41, 5.74) is 5.00. The van der Waals surface area contributed by atoms with Crippen molar-refractivity contribution in [3.8, 4) is 0 Å². The van der Waals surface area contributed by atoms with Gasteiger partial charge in [-0.2, -0.15) is 11.8 Å². The summed E-state index contributed by atoms with van der Waals surface area (Å²) in [5.74, 6) is 1.13. The fourth-order valence-electron chi connectivity index (χ4n) is 2.25. The Labute approximate surface area is 120 Å². The van der Waals surface area contributed by atoms with E-state index in [0.29, 0.717) is 22.7 Å². The molecule has 1 aliphatic rings. The van der Waals surface area contributed by atoms with Gasteiger partial charge < -0.3 is 11.1 Å². The van der Waals surface area contributed by atoms with E-state index in [1.54, 1.807) is 0 Å². The average molecular weight is 288 g/mol. The van der Waals surface area contributed by atoms with E-state index in [4.69, 9.17) is 18.0 Å². The summed E-state index contributed by atoms with van der Waals surface area (Å²) in [5, 5.41) is 3.81. The molecule has 1 fully saturated rings. The van der Waals surface area contributed by atoms with Crippen LogP contribution in [0.1, 0.15) is 46.5 Å². The van der Waals surface area contributed by atoms with Crippen molar-refractivity contribution in [1.82, 2.24) is 5.32 Å². The monoisotopic (exact) mass is 288 g/mol. The van der Waals surface area contributed by atoms with Crippen LogP contribution in [0, 0.1) is 5.41 Å². The normalized spacial score (nSPS) is 26.6. The summed E-state index contributed by atoms with van der Waals surface area (Å²) in [6.45, 7) is 5.96. The van der Waals surface area contributed by atoms with Gasteiger partial charge in [0.05, 0.1) is 10.4 Å². The Morgan fingerprint density at radius 3 is 2.67 bits per heavy atom. The number of thioether (sulfide) groups is 1. The third kappa shape index (κ3) is 3.60. The molecule has 0 aromatic carbocycles. The summed E-state index contributed by atoms with van der Waals surface area (Å²) in [6.07, 6.45) is 3.98. The molecule has 1 amide bonds. The number of hydrogen-bond acceptors (Lipinski definition) is 3. The standard InChI is InChI=1S/C13H24N2OS2/c1-4-13(3,11(14)17)12(16)15-9-6-7-10(8-9)18-5-2/h9-10H,4-8H2,1-3H3,(H2,14,17)(H,15,16). The van der Waals surface area contributed by atoms with Crippen LogP contribution in [0.2, 0.25) is 0 Å². The fourth-order valence-corrected chi connectivity index (χ4v) is 3.63. The molecule has 1 rings (SSSR count). The SMILES string of the molecule is CCSC1CCC(NC(=O)C(C)(CC)C(N)=S)C1. The molecule has 5 heteroatoms. The molecule has 0 saturated heterocycles. The van der Waals surface area contributed by atoms with Crippen LogP contribution in [0.4, 0.5) is 0 Å². The average Bonchev–Trinajstić information content (AvgIpc) is 2.75. The molecule has 1 aliphatic carbocycles. The number of carbonyl (C=O) groups excluding carboxylic acids is 1. The number of carbonyl (C=O) groups is 1. The summed E-state index contributed by atoms with van der Waals surface area (Å²) < 4.78 is 0. The van der Waals surface area contributed by atoms with Crippen LogP contribution < -0.4 is 11.1 Å². The van der Waals surface area contributed by atoms with Gasteiger partial charge in [-0.25, -0.2) is 0 Å². The van der Waals surface area contributed by atoms with Gasteiger partial charge in [0.25, 0.3) is 0 Å². The minimum Gasteiger partial charge on any atom is -0.392 e. The molecule has 0 aromatic rings. The molecule has 3 atom stereocenters. The first-order valence-corrected chi connectivity index (χ1v) is 8.12. The largest absolute Gasteiger partial charge is 0.392 e. The fraction of sp³-hybridized carbons (Fsp3) is 0.846. The molecule has 0 spiro atoms. The van der Waals surface area contributed by atoms with Crippen molar-refractivity contribution in [3.63, 3.8) is 0 Å². The van der Waals surface area contributed by atoms with Crippen LogP contribution in [0.15, 0.2) is 0 Å². The Hall–Kier alpha value is -0.290. The van der Waals surface area contributed by atoms with Crippen molar-refractivity contribution in [1.29, 1.82) is 0 Å². The minimum absolute atomic E-state index is 0.00958. The predicted molar refractivity (Wildman–Crippen MR) is 82.9 cm³/mol. The summed E-state index contributed by atoms with van der Waals surface area (Å²) >= 11 is 7.01. The molecule has 0 aromatic heterocycles. The highest BCUT2D eigenvalue weighted by Crippen LogP contribution is 2.31. The van der Waals surface area contributed by atoms with Gasteiger partial charge in [-0.05, 0) is 38.4 Å². The summed E-state index contributed by atoms with van der Waals surface area (Å²) in [4.78, 5) is 12.6. The first kappa shape index (κ1) is 15.8. The molecule has 3 nitrogen and oxygen atoms in total. The lowest BCUT2D eigenvalue weighted by molar-refractivity contribution is -0.127. The molecule has 104 valence electrons. The van der Waals surface area contributed by atoms with Gasteiger partial charge in [0, 0.05) is 11.3 Å². The number of hydrogen-bond donors (Lipinski definition) is 2. The second kappa shape index (κ2) is 6.75. The van der Waals surface area contributed by atoms with Gasteiger partial charge in [0.1, 0.15) is 0 Å². The van der Waals surface area contributed by atoms with Gasteiger partial charge in [-0.3, -0.25) is 4.79 Å². The van der Waals surface area contributed by atoms with Crippen molar-refractivity contribution in [2.45, 2.75) is 57.7 Å². The molecule has 0 aliphatic heterocycles. The van der Waals surface area contributed by atoms with E-state index in [1.165, 1.54) is 6.42 Å². The van der Waals surface area contributed by atoms with E-state index in [9.17, 15) is 4.79 Å². The number of amides is 1. The molecule has 3 unspecified atom stereocenters. The number of rotatable bonds is 6. The summed E-state index contributed by atoms with van der Waals surface area (Å²) in [6, 6.07) is 0.293. The second-order valence-electron chi connectivity index (χ2n) is 5.11.